The topological polar surface area (TPSA) is 55.4 Å². The summed E-state index contributed by atoms with van der Waals surface area (Å²) in [6, 6.07) is 20.4. The Hall–Kier alpha value is -3.73. The monoisotopic (exact) mass is 401 g/mol. The second-order valence-corrected chi connectivity index (χ2v) is 7.01. The summed E-state index contributed by atoms with van der Waals surface area (Å²) in [5.74, 6) is -0.433. The van der Waals surface area contributed by atoms with E-state index in [-0.39, 0.29) is 24.6 Å². The highest BCUT2D eigenvalue weighted by molar-refractivity contribution is 5.79. The molecule has 5 heteroatoms. The second kappa shape index (κ2) is 8.74. The van der Waals surface area contributed by atoms with Crippen molar-refractivity contribution in [2.75, 3.05) is 13.2 Å². The lowest BCUT2D eigenvalue weighted by Crippen LogP contribution is -2.26. The van der Waals surface area contributed by atoms with Crippen molar-refractivity contribution in [3.05, 3.63) is 101 Å². The van der Waals surface area contributed by atoms with Gasteiger partial charge in [0.15, 0.2) is 0 Å². The van der Waals surface area contributed by atoms with E-state index in [1.807, 2.05) is 24.3 Å². The lowest BCUT2D eigenvalue weighted by molar-refractivity contribution is 0.112. The van der Waals surface area contributed by atoms with Gasteiger partial charge in [0.2, 0.25) is 0 Å². The molecule has 0 fully saturated rings. The molecule has 4 rings (SSSR count). The number of ether oxygens (including phenoxy) is 1. The second-order valence-electron chi connectivity index (χ2n) is 7.01. The van der Waals surface area contributed by atoms with Crippen LogP contribution in [0.15, 0.2) is 72.8 Å². The van der Waals surface area contributed by atoms with Crippen molar-refractivity contribution in [2.24, 2.45) is 0 Å². The summed E-state index contributed by atoms with van der Waals surface area (Å²) in [6.45, 7) is 0.418. The van der Waals surface area contributed by atoms with Crippen LogP contribution >= 0.6 is 0 Å². The van der Waals surface area contributed by atoms with Crippen LogP contribution in [-0.4, -0.2) is 25.5 Å². The minimum absolute atomic E-state index is 0.00105. The zero-order valence-electron chi connectivity index (χ0n) is 16.2. The van der Waals surface area contributed by atoms with Crippen LogP contribution in [0.4, 0.5) is 9.18 Å². The number of hydrogen-bond acceptors (Lipinski definition) is 3. The van der Waals surface area contributed by atoms with Crippen molar-refractivity contribution in [2.45, 2.75) is 5.92 Å². The molecule has 0 unspecified atom stereocenters. The van der Waals surface area contributed by atoms with E-state index in [1.165, 1.54) is 35.4 Å². The van der Waals surface area contributed by atoms with Crippen LogP contribution in [0.3, 0.4) is 0 Å². The van der Waals surface area contributed by atoms with Crippen LogP contribution in [-0.2, 0) is 4.74 Å². The fourth-order valence-electron chi connectivity index (χ4n) is 3.74. The molecule has 30 heavy (non-hydrogen) atoms. The molecule has 0 saturated carbocycles. The molecule has 0 spiro atoms. The van der Waals surface area contributed by atoms with Crippen molar-refractivity contribution < 1.29 is 18.7 Å². The van der Waals surface area contributed by atoms with Crippen LogP contribution in [0.25, 0.3) is 17.2 Å². The number of fused-ring (bicyclic) bond motifs is 3. The molecule has 0 aromatic heterocycles. The number of halogens is 1. The van der Waals surface area contributed by atoms with E-state index in [4.69, 9.17) is 4.74 Å². The molecule has 4 nitrogen and oxygen atoms in total. The van der Waals surface area contributed by atoms with Crippen molar-refractivity contribution in [3.63, 3.8) is 0 Å². The van der Waals surface area contributed by atoms with Gasteiger partial charge in [-0.2, -0.15) is 0 Å². The molecule has 1 aliphatic carbocycles. The molecule has 3 aromatic rings. The molecular formula is C25H20FNO3. The molecule has 0 heterocycles. The first kappa shape index (κ1) is 19.6. The standard InChI is InChI=1S/C25H20FNO3/c26-24-12-11-17(15-28)14-18(24)6-5-13-27-25(29)30-16-23-21-9-3-1-7-19(21)20-8-2-4-10-22(20)23/h1-12,14-15,23H,13,16H2,(H,27,29). The highest BCUT2D eigenvalue weighted by Gasteiger charge is 2.28. The van der Waals surface area contributed by atoms with E-state index in [0.29, 0.717) is 11.8 Å². The molecule has 0 saturated heterocycles. The predicted molar refractivity (Wildman–Crippen MR) is 114 cm³/mol. The maximum absolute atomic E-state index is 13.7. The van der Waals surface area contributed by atoms with Gasteiger partial charge < -0.3 is 10.1 Å². The Morgan fingerprint density at radius 2 is 1.67 bits per heavy atom. The molecule has 0 aliphatic heterocycles. The van der Waals surface area contributed by atoms with Gasteiger partial charge in [-0.25, -0.2) is 9.18 Å². The number of alkyl carbamates (subject to hydrolysis) is 1. The Morgan fingerprint density at radius 3 is 2.33 bits per heavy atom. The normalized spacial score (nSPS) is 12.4. The largest absolute Gasteiger partial charge is 0.449 e. The molecule has 0 radical (unpaired) electrons. The summed E-state index contributed by atoms with van der Waals surface area (Å²) >= 11 is 0. The van der Waals surface area contributed by atoms with E-state index in [9.17, 15) is 14.0 Å². The van der Waals surface area contributed by atoms with E-state index < -0.39 is 11.9 Å². The molecule has 1 aliphatic rings. The number of hydrogen-bond donors (Lipinski definition) is 1. The fraction of sp³-hybridized carbons (Fsp3) is 0.120. The van der Waals surface area contributed by atoms with Crippen molar-refractivity contribution in [3.8, 4) is 11.1 Å². The number of amides is 1. The Bertz CT molecular complexity index is 1080. The van der Waals surface area contributed by atoms with Crippen LogP contribution < -0.4 is 5.32 Å². The maximum Gasteiger partial charge on any atom is 0.407 e. The molecule has 0 atom stereocenters. The lowest BCUT2D eigenvalue weighted by Gasteiger charge is -2.14. The van der Waals surface area contributed by atoms with Crippen molar-refractivity contribution in [1.29, 1.82) is 0 Å². The van der Waals surface area contributed by atoms with Gasteiger partial charge in [0.05, 0.1) is 0 Å². The zero-order chi connectivity index (χ0) is 20.9. The maximum atomic E-state index is 13.7. The van der Waals surface area contributed by atoms with Crippen LogP contribution in [0.5, 0.6) is 0 Å². The van der Waals surface area contributed by atoms with Gasteiger partial charge in [-0.05, 0) is 40.5 Å². The lowest BCUT2D eigenvalue weighted by atomic mass is 9.98. The van der Waals surface area contributed by atoms with Crippen LogP contribution in [0.1, 0.15) is 33.0 Å². The van der Waals surface area contributed by atoms with Gasteiger partial charge in [0, 0.05) is 23.6 Å². The Kier molecular flexibility index (Phi) is 5.70. The summed E-state index contributed by atoms with van der Waals surface area (Å²) in [6.07, 6.45) is 3.25. The predicted octanol–water partition coefficient (Wildman–Crippen LogP) is 5.19. The first-order valence-electron chi connectivity index (χ1n) is 9.67. The molecule has 3 aromatic carbocycles. The summed E-state index contributed by atoms with van der Waals surface area (Å²) in [5.41, 5.74) is 5.32. The molecule has 1 N–H and O–H groups in total. The highest BCUT2D eigenvalue weighted by atomic mass is 19.1. The SMILES string of the molecule is O=Cc1ccc(F)c(C=CCNC(=O)OCC2c3ccccc3-c3ccccc32)c1. The van der Waals surface area contributed by atoms with E-state index in [0.717, 1.165) is 11.1 Å². The summed E-state index contributed by atoms with van der Waals surface area (Å²) < 4.78 is 19.2. The molecule has 1 amide bonds. The number of carbonyl (C=O) groups excluding carboxylic acids is 2. The average molecular weight is 401 g/mol. The van der Waals surface area contributed by atoms with E-state index in [2.05, 4.69) is 29.6 Å². The third-order valence-electron chi connectivity index (χ3n) is 5.16. The number of aldehydes is 1. The highest BCUT2D eigenvalue weighted by Crippen LogP contribution is 2.44. The number of benzene rings is 3. The summed E-state index contributed by atoms with van der Waals surface area (Å²) in [5, 5.41) is 2.63. The smallest absolute Gasteiger partial charge is 0.407 e. The number of nitrogens with one attached hydrogen (secondary N) is 1. The first-order chi connectivity index (χ1) is 14.7. The van der Waals surface area contributed by atoms with Crippen LogP contribution in [0.2, 0.25) is 0 Å². The third kappa shape index (κ3) is 4.01. The quantitative estimate of drug-likeness (QED) is 0.579. The first-order valence-corrected chi connectivity index (χ1v) is 9.67. The van der Waals surface area contributed by atoms with Gasteiger partial charge in [0.25, 0.3) is 0 Å². The van der Waals surface area contributed by atoms with Crippen LogP contribution in [0, 0.1) is 5.82 Å². The summed E-state index contributed by atoms with van der Waals surface area (Å²) in [7, 11) is 0. The fourth-order valence-corrected chi connectivity index (χ4v) is 3.74. The third-order valence-corrected chi connectivity index (χ3v) is 5.16. The molecule has 150 valence electrons. The van der Waals surface area contributed by atoms with Gasteiger partial charge >= 0.3 is 6.09 Å². The molecular weight excluding hydrogens is 381 g/mol. The van der Waals surface area contributed by atoms with Gasteiger partial charge in [-0.15, -0.1) is 0 Å². The van der Waals surface area contributed by atoms with Gasteiger partial charge in [0.1, 0.15) is 18.7 Å². The Balaban J connectivity index is 1.34. The minimum Gasteiger partial charge on any atom is -0.449 e. The number of rotatable bonds is 6. The van der Waals surface area contributed by atoms with Gasteiger partial charge in [-0.1, -0.05) is 60.7 Å². The average Bonchev–Trinajstić information content (AvgIpc) is 3.10. The van der Waals surface area contributed by atoms with E-state index >= 15 is 0 Å². The molecule has 0 bridgehead atoms. The minimum atomic E-state index is -0.538. The summed E-state index contributed by atoms with van der Waals surface area (Å²) in [4.78, 5) is 22.9. The Labute approximate surface area is 174 Å². The van der Waals surface area contributed by atoms with Crippen molar-refractivity contribution in [1.82, 2.24) is 5.32 Å². The van der Waals surface area contributed by atoms with Gasteiger partial charge in [-0.3, -0.25) is 4.79 Å². The van der Waals surface area contributed by atoms with E-state index in [1.54, 1.807) is 6.08 Å². The number of carbonyl (C=O) groups is 2. The Morgan fingerprint density at radius 1 is 1.00 bits per heavy atom. The van der Waals surface area contributed by atoms with Crippen molar-refractivity contribution >= 4 is 18.5 Å². The zero-order valence-corrected chi connectivity index (χ0v) is 16.2.